The van der Waals surface area contributed by atoms with E-state index in [9.17, 15) is 14.4 Å². The minimum atomic E-state index is -0.673. The lowest BCUT2D eigenvalue weighted by Crippen LogP contribution is -2.66. The van der Waals surface area contributed by atoms with Gasteiger partial charge in [0.1, 0.15) is 6.04 Å². The van der Waals surface area contributed by atoms with Gasteiger partial charge < -0.3 is 20.4 Å². The average molecular weight is 477 g/mol. The van der Waals surface area contributed by atoms with Gasteiger partial charge in [0, 0.05) is 39.0 Å². The SMILES string of the molecule is CNC(=O)CC1CN(Cc2ccccc2)C(=O)[C@H](Cc2ccccc2)N1C(=O)NC1CCCCC1. The van der Waals surface area contributed by atoms with Gasteiger partial charge in [-0.05, 0) is 24.0 Å². The van der Waals surface area contributed by atoms with Crippen molar-refractivity contribution in [3.63, 3.8) is 0 Å². The monoisotopic (exact) mass is 476 g/mol. The summed E-state index contributed by atoms with van der Waals surface area (Å²) < 4.78 is 0. The van der Waals surface area contributed by atoms with Crippen molar-refractivity contribution in [1.82, 2.24) is 20.4 Å². The van der Waals surface area contributed by atoms with E-state index in [4.69, 9.17) is 0 Å². The number of piperazine rings is 1. The van der Waals surface area contributed by atoms with Gasteiger partial charge in [0.2, 0.25) is 11.8 Å². The maximum atomic E-state index is 13.8. The quantitative estimate of drug-likeness (QED) is 0.642. The van der Waals surface area contributed by atoms with E-state index in [2.05, 4.69) is 10.6 Å². The molecule has 1 aliphatic heterocycles. The Bertz CT molecular complexity index is 992. The van der Waals surface area contributed by atoms with E-state index in [0.29, 0.717) is 19.5 Å². The maximum absolute atomic E-state index is 13.8. The Morgan fingerprint density at radius 3 is 2.17 bits per heavy atom. The fourth-order valence-electron chi connectivity index (χ4n) is 5.27. The van der Waals surface area contributed by atoms with Crippen molar-refractivity contribution in [3.8, 4) is 0 Å². The Balaban J connectivity index is 1.64. The first-order chi connectivity index (χ1) is 17.0. The summed E-state index contributed by atoms with van der Waals surface area (Å²) in [6.45, 7) is 0.776. The highest BCUT2D eigenvalue weighted by Crippen LogP contribution is 2.26. The molecular formula is C28H36N4O3. The van der Waals surface area contributed by atoms with Crippen LogP contribution in [0.2, 0.25) is 0 Å². The highest BCUT2D eigenvalue weighted by molar-refractivity contribution is 5.90. The highest BCUT2D eigenvalue weighted by Gasteiger charge is 2.44. The van der Waals surface area contributed by atoms with Crippen LogP contribution in [-0.2, 0) is 22.6 Å². The summed E-state index contributed by atoms with van der Waals surface area (Å²) in [6.07, 6.45) is 5.87. The van der Waals surface area contributed by atoms with Crippen LogP contribution in [0, 0.1) is 0 Å². The van der Waals surface area contributed by atoms with Crippen molar-refractivity contribution in [1.29, 1.82) is 0 Å². The summed E-state index contributed by atoms with van der Waals surface area (Å²) in [7, 11) is 1.60. The van der Waals surface area contributed by atoms with Crippen LogP contribution < -0.4 is 10.6 Å². The molecule has 2 atom stereocenters. The van der Waals surface area contributed by atoms with Crippen LogP contribution in [-0.4, -0.2) is 59.4 Å². The van der Waals surface area contributed by atoms with Crippen molar-refractivity contribution in [3.05, 3.63) is 71.8 Å². The van der Waals surface area contributed by atoms with Crippen molar-refractivity contribution in [2.45, 2.75) is 69.6 Å². The Hall–Kier alpha value is -3.35. The summed E-state index contributed by atoms with van der Waals surface area (Å²) in [6, 6.07) is 18.4. The number of rotatable bonds is 7. The Labute approximate surface area is 207 Å². The first-order valence-corrected chi connectivity index (χ1v) is 12.7. The Morgan fingerprint density at radius 2 is 1.54 bits per heavy atom. The topological polar surface area (TPSA) is 81.8 Å². The normalized spacial score (nSPS) is 21.0. The second-order valence-electron chi connectivity index (χ2n) is 9.63. The first-order valence-electron chi connectivity index (χ1n) is 12.7. The second kappa shape index (κ2) is 11.9. The van der Waals surface area contributed by atoms with E-state index in [1.807, 2.05) is 60.7 Å². The number of benzene rings is 2. The van der Waals surface area contributed by atoms with Gasteiger partial charge in [-0.3, -0.25) is 9.59 Å². The zero-order valence-electron chi connectivity index (χ0n) is 20.5. The fraction of sp³-hybridized carbons (Fsp3) is 0.464. The van der Waals surface area contributed by atoms with E-state index in [-0.39, 0.29) is 30.3 Å². The Kier molecular flexibility index (Phi) is 8.40. The maximum Gasteiger partial charge on any atom is 0.318 e. The summed E-state index contributed by atoms with van der Waals surface area (Å²) in [4.78, 5) is 43.5. The number of nitrogens with zero attached hydrogens (tertiary/aromatic N) is 2. The number of amides is 4. The van der Waals surface area contributed by atoms with Gasteiger partial charge in [0.25, 0.3) is 0 Å². The summed E-state index contributed by atoms with van der Waals surface area (Å²) >= 11 is 0. The fourth-order valence-corrected chi connectivity index (χ4v) is 5.27. The molecule has 7 heteroatoms. The number of nitrogens with one attached hydrogen (secondary N) is 2. The lowest BCUT2D eigenvalue weighted by molar-refractivity contribution is -0.145. The third kappa shape index (κ3) is 6.41. The first kappa shape index (κ1) is 24.8. The molecule has 0 bridgehead atoms. The standard InChI is InChI=1S/C28H36N4O3/c1-29-26(33)18-24-20-31(19-22-13-7-3-8-14-22)27(34)25(17-21-11-5-2-6-12-21)32(24)28(35)30-23-15-9-4-10-16-23/h2-3,5-8,11-14,23-25H,4,9-10,15-20H2,1H3,(H,29,33)(H,30,35)/t24?,25-/m0/s1. The lowest BCUT2D eigenvalue weighted by atomic mass is 9.94. The van der Waals surface area contributed by atoms with Crippen molar-refractivity contribution in [2.75, 3.05) is 13.6 Å². The smallest absolute Gasteiger partial charge is 0.318 e. The molecule has 2 aromatic carbocycles. The van der Waals surface area contributed by atoms with Crippen molar-refractivity contribution >= 4 is 17.8 Å². The molecule has 0 radical (unpaired) electrons. The van der Waals surface area contributed by atoms with Gasteiger partial charge >= 0.3 is 6.03 Å². The minimum absolute atomic E-state index is 0.0790. The third-order valence-corrected chi connectivity index (χ3v) is 7.11. The zero-order chi connectivity index (χ0) is 24.6. The van der Waals surface area contributed by atoms with E-state index >= 15 is 0 Å². The molecule has 4 amide bonds. The molecule has 2 aromatic rings. The number of carbonyl (C=O) groups is 3. The molecular weight excluding hydrogens is 440 g/mol. The van der Waals surface area contributed by atoms with E-state index in [1.165, 1.54) is 6.42 Å². The van der Waals surface area contributed by atoms with Crippen molar-refractivity contribution < 1.29 is 14.4 Å². The second-order valence-corrected chi connectivity index (χ2v) is 9.63. The van der Waals surface area contributed by atoms with Crippen LogP contribution >= 0.6 is 0 Å². The van der Waals surface area contributed by atoms with Gasteiger partial charge in [0.15, 0.2) is 0 Å². The van der Waals surface area contributed by atoms with Gasteiger partial charge in [0.05, 0.1) is 6.04 Å². The largest absolute Gasteiger partial charge is 0.359 e. The zero-order valence-corrected chi connectivity index (χ0v) is 20.5. The summed E-state index contributed by atoms with van der Waals surface area (Å²) in [5, 5.41) is 5.89. The van der Waals surface area contributed by atoms with Crippen LogP contribution in [0.25, 0.3) is 0 Å². The molecule has 1 heterocycles. The van der Waals surface area contributed by atoms with E-state index in [1.54, 1.807) is 16.8 Å². The van der Waals surface area contributed by atoms with Gasteiger partial charge in [-0.1, -0.05) is 79.9 Å². The molecule has 0 aromatic heterocycles. The van der Waals surface area contributed by atoms with Crippen molar-refractivity contribution in [2.24, 2.45) is 0 Å². The average Bonchev–Trinajstić information content (AvgIpc) is 2.88. The molecule has 1 saturated carbocycles. The molecule has 2 aliphatic rings. The van der Waals surface area contributed by atoms with Gasteiger partial charge in [-0.2, -0.15) is 0 Å². The van der Waals surface area contributed by atoms with Crippen LogP contribution in [0.1, 0.15) is 49.7 Å². The van der Waals surface area contributed by atoms with Gasteiger partial charge in [-0.15, -0.1) is 0 Å². The van der Waals surface area contributed by atoms with Crippen LogP contribution in [0.4, 0.5) is 4.79 Å². The van der Waals surface area contributed by atoms with Crippen LogP contribution in [0.15, 0.2) is 60.7 Å². The molecule has 1 saturated heterocycles. The Morgan fingerprint density at radius 1 is 0.914 bits per heavy atom. The van der Waals surface area contributed by atoms with Gasteiger partial charge in [-0.25, -0.2) is 4.79 Å². The molecule has 35 heavy (non-hydrogen) atoms. The lowest BCUT2D eigenvalue weighted by Gasteiger charge is -2.46. The molecule has 1 unspecified atom stereocenters. The third-order valence-electron chi connectivity index (χ3n) is 7.11. The molecule has 2 N–H and O–H groups in total. The predicted molar refractivity (Wildman–Crippen MR) is 136 cm³/mol. The molecule has 2 fully saturated rings. The number of hydrogen-bond donors (Lipinski definition) is 2. The molecule has 186 valence electrons. The minimum Gasteiger partial charge on any atom is -0.359 e. The van der Waals surface area contributed by atoms with E-state index in [0.717, 1.165) is 36.8 Å². The van der Waals surface area contributed by atoms with E-state index < -0.39 is 12.1 Å². The molecule has 0 spiro atoms. The highest BCUT2D eigenvalue weighted by atomic mass is 16.2. The number of urea groups is 1. The van der Waals surface area contributed by atoms with Crippen LogP contribution in [0.3, 0.4) is 0 Å². The van der Waals surface area contributed by atoms with Crippen LogP contribution in [0.5, 0.6) is 0 Å². The molecule has 7 nitrogen and oxygen atoms in total. The molecule has 1 aliphatic carbocycles. The summed E-state index contributed by atoms with van der Waals surface area (Å²) in [5.74, 6) is -0.220. The summed E-state index contributed by atoms with van der Waals surface area (Å²) in [5.41, 5.74) is 2.01. The number of hydrogen-bond acceptors (Lipinski definition) is 3. The molecule has 4 rings (SSSR count). The number of carbonyl (C=O) groups excluding carboxylic acids is 3. The predicted octanol–water partition coefficient (Wildman–Crippen LogP) is 3.49.